The maximum atomic E-state index is 9.26. The third kappa shape index (κ3) is 3.93. The maximum absolute atomic E-state index is 9.26. The zero-order chi connectivity index (χ0) is 15.1. The highest BCUT2D eigenvalue weighted by Crippen LogP contribution is 2.28. The second-order valence-electron chi connectivity index (χ2n) is 5.43. The molecule has 2 N–H and O–H groups in total. The largest absolute Gasteiger partial charge is 0.396 e. The molecule has 0 aliphatic carbocycles. The van der Waals surface area contributed by atoms with Crippen LogP contribution in [0.4, 0.5) is 0 Å². The SMILES string of the molecule is CCc1cccc(-c2ccccc2)c1CCC(CO)CO. The fraction of sp³-hybridized carbons (Fsp3) is 0.368. The Balaban J connectivity index is 2.33. The van der Waals surface area contributed by atoms with Gasteiger partial charge in [0.15, 0.2) is 0 Å². The molecule has 112 valence electrons. The zero-order valence-electron chi connectivity index (χ0n) is 12.6. The van der Waals surface area contributed by atoms with Crippen molar-refractivity contribution in [3.8, 4) is 11.1 Å². The van der Waals surface area contributed by atoms with Crippen LogP contribution in [0.1, 0.15) is 24.5 Å². The summed E-state index contributed by atoms with van der Waals surface area (Å²) in [6.07, 6.45) is 2.70. The smallest absolute Gasteiger partial charge is 0.0481 e. The lowest BCUT2D eigenvalue weighted by Crippen LogP contribution is -2.12. The van der Waals surface area contributed by atoms with Crippen LogP contribution in [-0.2, 0) is 12.8 Å². The molecule has 0 aromatic heterocycles. The summed E-state index contributed by atoms with van der Waals surface area (Å²) in [6, 6.07) is 16.9. The Morgan fingerprint density at radius 1 is 0.905 bits per heavy atom. The molecule has 2 rings (SSSR count). The lowest BCUT2D eigenvalue weighted by molar-refractivity contribution is 0.144. The first-order valence-electron chi connectivity index (χ1n) is 7.68. The number of hydrogen-bond acceptors (Lipinski definition) is 2. The van der Waals surface area contributed by atoms with Crippen molar-refractivity contribution in [3.05, 3.63) is 59.7 Å². The standard InChI is InChI=1S/C19H24O2/c1-2-16-9-6-10-18(17-7-4-3-5-8-17)19(16)12-11-15(13-20)14-21/h3-10,15,20-21H,2,11-14H2,1H3. The van der Waals surface area contributed by atoms with Crippen LogP contribution in [-0.4, -0.2) is 23.4 Å². The molecule has 0 aliphatic rings. The maximum Gasteiger partial charge on any atom is 0.0481 e. The lowest BCUT2D eigenvalue weighted by Gasteiger charge is -2.17. The first kappa shape index (κ1) is 15.7. The molecule has 0 atom stereocenters. The van der Waals surface area contributed by atoms with E-state index in [1.165, 1.54) is 22.3 Å². The molecule has 0 bridgehead atoms. The van der Waals surface area contributed by atoms with Gasteiger partial charge in [-0.05, 0) is 41.5 Å². The Kier molecular flexibility index (Phi) is 5.97. The van der Waals surface area contributed by atoms with Gasteiger partial charge in [-0.15, -0.1) is 0 Å². The molecule has 2 aromatic rings. The summed E-state index contributed by atoms with van der Waals surface area (Å²) >= 11 is 0. The van der Waals surface area contributed by atoms with Crippen molar-refractivity contribution < 1.29 is 10.2 Å². The van der Waals surface area contributed by atoms with Crippen molar-refractivity contribution in [2.75, 3.05) is 13.2 Å². The van der Waals surface area contributed by atoms with Gasteiger partial charge in [0.05, 0.1) is 0 Å². The van der Waals surface area contributed by atoms with E-state index in [1.807, 2.05) is 6.07 Å². The Bertz CT molecular complexity index is 545. The number of aliphatic hydroxyl groups excluding tert-OH is 2. The van der Waals surface area contributed by atoms with E-state index in [2.05, 4.69) is 49.4 Å². The van der Waals surface area contributed by atoms with E-state index in [9.17, 15) is 10.2 Å². The summed E-state index contributed by atoms with van der Waals surface area (Å²) in [7, 11) is 0. The molecule has 0 radical (unpaired) electrons. The van der Waals surface area contributed by atoms with Crippen molar-refractivity contribution in [3.63, 3.8) is 0 Å². The number of rotatable bonds is 7. The number of benzene rings is 2. The highest BCUT2D eigenvalue weighted by atomic mass is 16.3. The Hall–Kier alpha value is -1.64. The van der Waals surface area contributed by atoms with Gasteiger partial charge < -0.3 is 10.2 Å². The minimum Gasteiger partial charge on any atom is -0.396 e. The van der Waals surface area contributed by atoms with E-state index in [-0.39, 0.29) is 19.1 Å². The van der Waals surface area contributed by atoms with E-state index in [4.69, 9.17) is 0 Å². The average Bonchev–Trinajstić information content (AvgIpc) is 2.56. The van der Waals surface area contributed by atoms with Crippen LogP contribution in [0, 0.1) is 5.92 Å². The highest BCUT2D eigenvalue weighted by Gasteiger charge is 2.12. The number of aliphatic hydroxyl groups is 2. The Labute approximate surface area is 127 Å². The van der Waals surface area contributed by atoms with Gasteiger partial charge in [0.2, 0.25) is 0 Å². The summed E-state index contributed by atoms with van der Waals surface area (Å²) < 4.78 is 0. The van der Waals surface area contributed by atoms with Gasteiger partial charge in [0.1, 0.15) is 0 Å². The molecular formula is C19H24O2. The molecule has 0 saturated carbocycles. The molecule has 2 aromatic carbocycles. The molecule has 0 aliphatic heterocycles. The number of aryl methyl sites for hydroxylation is 1. The third-order valence-electron chi connectivity index (χ3n) is 4.06. The molecule has 0 unspecified atom stereocenters. The van der Waals surface area contributed by atoms with Gasteiger partial charge in [-0.3, -0.25) is 0 Å². The van der Waals surface area contributed by atoms with Gasteiger partial charge in [-0.25, -0.2) is 0 Å². The van der Waals surface area contributed by atoms with Gasteiger partial charge in [0, 0.05) is 19.1 Å². The minimum atomic E-state index is -0.0291. The molecular weight excluding hydrogens is 260 g/mol. The molecule has 0 saturated heterocycles. The minimum absolute atomic E-state index is 0.0291. The topological polar surface area (TPSA) is 40.5 Å². The first-order chi connectivity index (χ1) is 10.3. The van der Waals surface area contributed by atoms with Crippen molar-refractivity contribution in [2.45, 2.75) is 26.2 Å². The van der Waals surface area contributed by atoms with E-state index in [1.54, 1.807) is 0 Å². The molecule has 21 heavy (non-hydrogen) atoms. The molecule has 2 nitrogen and oxygen atoms in total. The zero-order valence-corrected chi connectivity index (χ0v) is 12.6. The van der Waals surface area contributed by atoms with Crippen LogP contribution in [0.15, 0.2) is 48.5 Å². The van der Waals surface area contributed by atoms with Gasteiger partial charge in [-0.1, -0.05) is 55.5 Å². The lowest BCUT2D eigenvalue weighted by atomic mass is 9.89. The van der Waals surface area contributed by atoms with Crippen molar-refractivity contribution in [1.29, 1.82) is 0 Å². The first-order valence-corrected chi connectivity index (χ1v) is 7.68. The molecule has 0 spiro atoms. The monoisotopic (exact) mass is 284 g/mol. The summed E-state index contributed by atoms with van der Waals surface area (Å²) in [5.41, 5.74) is 5.20. The van der Waals surface area contributed by atoms with Crippen LogP contribution in [0.3, 0.4) is 0 Å². The molecule has 0 heterocycles. The van der Waals surface area contributed by atoms with Gasteiger partial charge >= 0.3 is 0 Å². The summed E-state index contributed by atoms with van der Waals surface area (Å²) in [4.78, 5) is 0. The second kappa shape index (κ2) is 7.96. The van der Waals surface area contributed by atoms with E-state index >= 15 is 0 Å². The quantitative estimate of drug-likeness (QED) is 0.817. The predicted octanol–water partition coefficient (Wildman–Crippen LogP) is 3.45. The summed E-state index contributed by atoms with van der Waals surface area (Å²) in [6.45, 7) is 2.26. The van der Waals surface area contributed by atoms with Crippen molar-refractivity contribution in [1.82, 2.24) is 0 Å². The molecule has 0 fully saturated rings. The van der Waals surface area contributed by atoms with Crippen molar-refractivity contribution in [2.24, 2.45) is 5.92 Å². The van der Waals surface area contributed by atoms with Crippen LogP contribution in [0.25, 0.3) is 11.1 Å². The highest BCUT2D eigenvalue weighted by molar-refractivity contribution is 5.68. The second-order valence-corrected chi connectivity index (χ2v) is 5.43. The summed E-state index contributed by atoms with van der Waals surface area (Å²) in [5, 5.41) is 18.5. The van der Waals surface area contributed by atoms with E-state index < -0.39 is 0 Å². The van der Waals surface area contributed by atoms with E-state index in [0.717, 1.165) is 19.3 Å². The fourth-order valence-corrected chi connectivity index (χ4v) is 2.74. The fourth-order valence-electron chi connectivity index (χ4n) is 2.74. The van der Waals surface area contributed by atoms with Crippen LogP contribution in [0.5, 0.6) is 0 Å². The van der Waals surface area contributed by atoms with E-state index in [0.29, 0.717) is 0 Å². The van der Waals surface area contributed by atoms with Crippen molar-refractivity contribution >= 4 is 0 Å². The summed E-state index contributed by atoms with van der Waals surface area (Å²) in [5.74, 6) is -0.0291. The van der Waals surface area contributed by atoms with Gasteiger partial charge in [0.25, 0.3) is 0 Å². The van der Waals surface area contributed by atoms with Crippen LogP contribution >= 0.6 is 0 Å². The third-order valence-corrected chi connectivity index (χ3v) is 4.06. The van der Waals surface area contributed by atoms with Crippen LogP contribution in [0.2, 0.25) is 0 Å². The average molecular weight is 284 g/mol. The molecule has 0 amide bonds. The normalized spacial score (nSPS) is 11.0. The van der Waals surface area contributed by atoms with Gasteiger partial charge in [-0.2, -0.15) is 0 Å². The Morgan fingerprint density at radius 3 is 2.24 bits per heavy atom. The Morgan fingerprint density at radius 2 is 1.62 bits per heavy atom. The number of hydrogen-bond donors (Lipinski definition) is 2. The van der Waals surface area contributed by atoms with Crippen LogP contribution < -0.4 is 0 Å². The predicted molar refractivity (Wildman–Crippen MR) is 87.2 cm³/mol. The molecule has 2 heteroatoms.